The third-order valence-corrected chi connectivity index (χ3v) is 2.93. The molecule has 0 aliphatic rings. The molecule has 0 aliphatic heterocycles. The Morgan fingerprint density at radius 2 is 1.95 bits per heavy atom. The minimum atomic E-state index is -1.12. The molecule has 104 valence electrons. The molecule has 0 bridgehead atoms. The van der Waals surface area contributed by atoms with E-state index in [2.05, 4.69) is 20.3 Å². The second-order valence-electron chi connectivity index (χ2n) is 4.31. The van der Waals surface area contributed by atoms with Crippen molar-refractivity contribution in [3.63, 3.8) is 0 Å². The molecule has 3 heterocycles. The summed E-state index contributed by atoms with van der Waals surface area (Å²) in [4.78, 5) is 19.5. The molecule has 0 saturated carbocycles. The van der Waals surface area contributed by atoms with Crippen LogP contribution >= 0.6 is 0 Å². The van der Waals surface area contributed by atoms with E-state index in [1.165, 1.54) is 4.68 Å². The molecule has 1 N–H and O–H groups in total. The number of aromatic nitrogens is 5. The van der Waals surface area contributed by atoms with E-state index in [0.717, 1.165) is 5.69 Å². The Labute approximate surface area is 119 Å². The zero-order valence-electron chi connectivity index (χ0n) is 10.9. The van der Waals surface area contributed by atoms with Crippen LogP contribution < -0.4 is 0 Å². The summed E-state index contributed by atoms with van der Waals surface area (Å²) in [5, 5.41) is 16.9. The molecule has 3 aromatic rings. The quantitative estimate of drug-likeness (QED) is 0.778. The molecule has 3 rings (SSSR count). The molecule has 21 heavy (non-hydrogen) atoms. The molecule has 0 unspecified atom stereocenters. The lowest BCUT2D eigenvalue weighted by Gasteiger charge is -2.06. The van der Waals surface area contributed by atoms with E-state index in [1.54, 1.807) is 30.7 Å². The van der Waals surface area contributed by atoms with E-state index >= 15 is 0 Å². The largest absolute Gasteiger partial charge is 0.476 e. The van der Waals surface area contributed by atoms with Crippen molar-refractivity contribution >= 4 is 5.97 Å². The van der Waals surface area contributed by atoms with Crippen molar-refractivity contribution in [2.24, 2.45) is 0 Å². The molecule has 0 aromatic carbocycles. The van der Waals surface area contributed by atoms with Gasteiger partial charge in [-0.25, -0.2) is 9.48 Å². The Morgan fingerprint density at radius 1 is 1.14 bits per heavy atom. The van der Waals surface area contributed by atoms with Crippen molar-refractivity contribution < 1.29 is 9.90 Å². The Kier molecular flexibility index (Phi) is 3.38. The standard InChI is InChI=1S/C14H11N5O2/c20-14(21)12-13(10-4-7-15-8-5-10)19(18-17-12)9-11-3-1-2-6-16-11/h1-8H,9H2,(H,20,21). The Bertz CT molecular complexity index is 756. The summed E-state index contributed by atoms with van der Waals surface area (Å²) in [5.74, 6) is -1.12. The fourth-order valence-corrected chi connectivity index (χ4v) is 2.01. The second-order valence-corrected chi connectivity index (χ2v) is 4.31. The SMILES string of the molecule is O=C(O)c1nnn(Cc2ccccn2)c1-c1ccncc1. The summed E-state index contributed by atoms with van der Waals surface area (Å²) in [6.07, 6.45) is 4.87. The van der Waals surface area contributed by atoms with Crippen molar-refractivity contribution in [2.45, 2.75) is 6.54 Å². The number of hydrogen-bond donors (Lipinski definition) is 1. The third kappa shape index (κ3) is 2.62. The number of nitrogens with zero attached hydrogens (tertiary/aromatic N) is 5. The molecule has 0 radical (unpaired) electrons. The first-order valence-electron chi connectivity index (χ1n) is 6.23. The van der Waals surface area contributed by atoms with Gasteiger partial charge in [0.25, 0.3) is 0 Å². The van der Waals surface area contributed by atoms with Gasteiger partial charge in [-0.3, -0.25) is 9.97 Å². The molecular weight excluding hydrogens is 270 g/mol. The number of carboxylic acids is 1. The zero-order valence-corrected chi connectivity index (χ0v) is 10.9. The predicted molar refractivity (Wildman–Crippen MR) is 73.6 cm³/mol. The number of pyridine rings is 2. The van der Waals surface area contributed by atoms with Crippen LogP contribution in [0.15, 0.2) is 48.9 Å². The molecule has 0 aliphatic carbocycles. The van der Waals surface area contributed by atoms with Gasteiger partial charge in [0, 0.05) is 24.2 Å². The topological polar surface area (TPSA) is 93.8 Å². The van der Waals surface area contributed by atoms with Crippen molar-refractivity contribution in [2.75, 3.05) is 0 Å². The molecule has 3 aromatic heterocycles. The van der Waals surface area contributed by atoms with E-state index in [9.17, 15) is 9.90 Å². The van der Waals surface area contributed by atoms with E-state index in [4.69, 9.17) is 0 Å². The lowest BCUT2D eigenvalue weighted by molar-refractivity contribution is 0.0691. The molecule has 7 nitrogen and oxygen atoms in total. The summed E-state index contributed by atoms with van der Waals surface area (Å²) in [6.45, 7) is 0.346. The number of rotatable bonds is 4. The highest BCUT2D eigenvalue weighted by Gasteiger charge is 2.20. The van der Waals surface area contributed by atoms with E-state index in [1.807, 2.05) is 18.2 Å². The van der Waals surface area contributed by atoms with Gasteiger partial charge in [-0.1, -0.05) is 11.3 Å². The van der Waals surface area contributed by atoms with Gasteiger partial charge in [-0.05, 0) is 24.3 Å². The van der Waals surface area contributed by atoms with Crippen LogP contribution in [-0.4, -0.2) is 36.0 Å². The first-order valence-corrected chi connectivity index (χ1v) is 6.23. The van der Waals surface area contributed by atoms with Crippen LogP contribution in [0.25, 0.3) is 11.3 Å². The van der Waals surface area contributed by atoms with Crippen molar-refractivity contribution in [3.05, 3.63) is 60.3 Å². The zero-order chi connectivity index (χ0) is 14.7. The van der Waals surface area contributed by atoms with Crippen molar-refractivity contribution in [1.82, 2.24) is 25.0 Å². The maximum Gasteiger partial charge on any atom is 0.358 e. The number of carboxylic acid groups (broad SMARTS) is 1. The predicted octanol–water partition coefficient (Wildman–Crippen LogP) is 1.48. The Balaban J connectivity index is 2.07. The Morgan fingerprint density at radius 3 is 2.62 bits per heavy atom. The fraction of sp³-hybridized carbons (Fsp3) is 0.0714. The average molecular weight is 281 g/mol. The van der Waals surface area contributed by atoms with Gasteiger partial charge in [0.15, 0.2) is 5.69 Å². The third-order valence-electron chi connectivity index (χ3n) is 2.93. The van der Waals surface area contributed by atoms with E-state index in [0.29, 0.717) is 17.8 Å². The highest BCUT2D eigenvalue weighted by atomic mass is 16.4. The van der Waals surface area contributed by atoms with Crippen LogP contribution in [0.5, 0.6) is 0 Å². The molecule has 0 saturated heterocycles. The van der Waals surface area contributed by atoms with Crippen LogP contribution in [-0.2, 0) is 6.54 Å². The minimum Gasteiger partial charge on any atom is -0.476 e. The van der Waals surface area contributed by atoms with Crippen molar-refractivity contribution in [3.8, 4) is 11.3 Å². The molecule has 0 spiro atoms. The summed E-state index contributed by atoms with van der Waals surface area (Å²) in [7, 11) is 0. The summed E-state index contributed by atoms with van der Waals surface area (Å²) in [6, 6.07) is 8.97. The fourth-order valence-electron chi connectivity index (χ4n) is 2.01. The maximum atomic E-state index is 11.3. The van der Waals surface area contributed by atoms with Crippen LogP contribution in [0.4, 0.5) is 0 Å². The van der Waals surface area contributed by atoms with E-state index in [-0.39, 0.29) is 5.69 Å². The van der Waals surface area contributed by atoms with Crippen molar-refractivity contribution in [1.29, 1.82) is 0 Å². The van der Waals surface area contributed by atoms with Gasteiger partial charge in [0.05, 0.1) is 12.2 Å². The van der Waals surface area contributed by atoms with Gasteiger partial charge in [0.1, 0.15) is 5.69 Å². The summed E-state index contributed by atoms with van der Waals surface area (Å²) >= 11 is 0. The van der Waals surface area contributed by atoms with Gasteiger partial charge in [-0.15, -0.1) is 5.10 Å². The van der Waals surface area contributed by atoms with E-state index < -0.39 is 5.97 Å². The van der Waals surface area contributed by atoms with Gasteiger partial charge in [-0.2, -0.15) is 0 Å². The van der Waals surface area contributed by atoms with Gasteiger partial charge in [0.2, 0.25) is 0 Å². The monoisotopic (exact) mass is 281 g/mol. The summed E-state index contributed by atoms with van der Waals surface area (Å²) in [5.41, 5.74) is 1.82. The molecule has 7 heteroatoms. The molecular formula is C14H11N5O2. The highest BCUT2D eigenvalue weighted by molar-refractivity contribution is 5.92. The number of hydrogen-bond acceptors (Lipinski definition) is 5. The lowest BCUT2D eigenvalue weighted by Crippen LogP contribution is -2.07. The highest BCUT2D eigenvalue weighted by Crippen LogP contribution is 2.22. The molecule has 0 fully saturated rings. The van der Waals surface area contributed by atoms with Crippen LogP contribution in [0.2, 0.25) is 0 Å². The summed E-state index contributed by atoms with van der Waals surface area (Å²) < 4.78 is 1.53. The van der Waals surface area contributed by atoms with Gasteiger partial charge < -0.3 is 5.11 Å². The van der Waals surface area contributed by atoms with Crippen LogP contribution in [0.3, 0.4) is 0 Å². The second kappa shape index (κ2) is 5.49. The number of aromatic carboxylic acids is 1. The maximum absolute atomic E-state index is 11.3. The lowest BCUT2D eigenvalue weighted by atomic mass is 10.1. The molecule has 0 amide bonds. The number of carbonyl (C=O) groups is 1. The average Bonchev–Trinajstić information content (AvgIpc) is 2.93. The first-order chi connectivity index (χ1) is 10.3. The first kappa shape index (κ1) is 12.9. The Hall–Kier alpha value is -3.09. The molecule has 0 atom stereocenters. The van der Waals surface area contributed by atoms with Crippen LogP contribution in [0.1, 0.15) is 16.2 Å². The van der Waals surface area contributed by atoms with Crippen LogP contribution in [0, 0.1) is 0 Å². The van der Waals surface area contributed by atoms with Gasteiger partial charge >= 0.3 is 5.97 Å². The minimum absolute atomic E-state index is 0.0860. The smallest absolute Gasteiger partial charge is 0.358 e. The normalized spacial score (nSPS) is 10.5.